The fourth-order valence-electron chi connectivity index (χ4n) is 4.29. The number of β-amino-alcohol motifs (C(OH)–C–C–N with tert-alkyl or cyclic N) is 1. The molecule has 0 saturated carbocycles. The molecule has 158 valence electrons. The van der Waals surface area contributed by atoms with Gasteiger partial charge in [-0.3, -0.25) is 9.80 Å². The van der Waals surface area contributed by atoms with Crippen molar-refractivity contribution in [1.82, 2.24) is 14.8 Å². The Morgan fingerprint density at radius 3 is 2.67 bits per heavy atom. The minimum Gasteiger partial charge on any atom is -0.497 e. The van der Waals surface area contributed by atoms with Crippen LogP contribution >= 0.6 is 0 Å². The fourth-order valence-corrected chi connectivity index (χ4v) is 4.29. The zero-order chi connectivity index (χ0) is 20.5. The summed E-state index contributed by atoms with van der Waals surface area (Å²) in [5.74, 6) is 2.46. The normalized spacial score (nSPS) is 18.1. The molecule has 5 rings (SSSR count). The standard InChI is InChI=1S/C23H27N3O4/c1-28-17-3-4-20-18(11-17)19(12-24-20)21(27)14-26-8-6-25(7-9-26)13-16-2-5-22-23(10-16)30-15-29-22/h2-5,10-12,21,24,27H,6-9,13-15H2,1H3/t21-/m1/s1. The molecule has 1 saturated heterocycles. The molecule has 0 spiro atoms. The van der Waals surface area contributed by atoms with E-state index in [-0.39, 0.29) is 0 Å². The number of H-pyrrole nitrogens is 1. The smallest absolute Gasteiger partial charge is 0.231 e. The highest BCUT2D eigenvalue weighted by molar-refractivity contribution is 5.85. The van der Waals surface area contributed by atoms with Crippen molar-refractivity contribution in [1.29, 1.82) is 0 Å². The number of aliphatic hydroxyl groups excluding tert-OH is 1. The van der Waals surface area contributed by atoms with E-state index in [1.54, 1.807) is 7.11 Å². The molecule has 0 amide bonds. The van der Waals surface area contributed by atoms with Crippen molar-refractivity contribution in [3.05, 3.63) is 53.7 Å². The van der Waals surface area contributed by atoms with Gasteiger partial charge < -0.3 is 24.3 Å². The predicted molar refractivity (Wildman–Crippen MR) is 114 cm³/mol. The van der Waals surface area contributed by atoms with Crippen LogP contribution in [0.5, 0.6) is 17.2 Å². The Hall–Kier alpha value is -2.74. The lowest BCUT2D eigenvalue weighted by Crippen LogP contribution is -2.47. The monoisotopic (exact) mass is 409 g/mol. The molecule has 2 aliphatic heterocycles. The third-order valence-electron chi connectivity index (χ3n) is 6.02. The van der Waals surface area contributed by atoms with Gasteiger partial charge in [0.2, 0.25) is 6.79 Å². The molecule has 0 aliphatic carbocycles. The molecule has 3 aromatic rings. The summed E-state index contributed by atoms with van der Waals surface area (Å²) in [5, 5.41) is 11.9. The highest BCUT2D eigenvalue weighted by atomic mass is 16.7. The molecule has 2 aliphatic rings. The third-order valence-corrected chi connectivity index (χ3v) is 6.02. The number of piperazine rings is 1. The molecule has 7 nitrogen and oxygen atoms in total. The number of hydrogen-bond donors (Lipinski definition) is 2. The van der Waals surface area contributed by atoms with Gasteiger partial charge in [-0.1, -0.05) is 6.07 Å². The van der Waals surface area contributed by atoms with E-state index in [0.29, 0.717) is 13.3 Å². The SMILES string of the molecule is COc1ccc2[nH]cc([C@H](O)CN3CCN(Cc4ccc5c(c4)OCO5)CC3)c2c1. The van der Waals surface area contributed by atoms with Crippen LogP contribution in [0.2, 0.25) is 0 Å². The van der Waals surface area contributed by atoms with Gasteiger partial charge in [-0.05, 0) is 35.9 Å². The quantitative estimate of drug-likeness (QED) is 0.653. The average molecular weight is 409 g/mol. The first-order valence-corrected chi connectivity index (χ1v) is 10.4. The lowest BCUT2D eigenvalue weighted by Gasteiger charge is -2.35. The van der Waals surface area contributed by atoms with Crippen molar-refractivity contribution < 1.29 is 19.3 Å². The van der Waals surface area contributed by atoms with E-state index in [2.05, 4.69) is 26.9 Å². The van der Waals surface area contributed by atoms with Gasteiger partial charge in [-0.15, -0.1) is 0 Å². The minimum atomic E-state index is -0.536. The number of benzene rings is 2. The third kappa shape index (κ3) is 3.84. The van der Waals surface area contributed by atoms with E-state index in [1.807, 2.05) is 30.5 Å². The number of nitrogens with one attached hydrogen (secondary N) is 1. The van der Waals surface area contributed by atoms with Gasteiger partial charge >= 0.3 is 0 Å². The molecule has 3 heterocycles. The highest BCUT2D eigenvalue weighted by Crippen LogP contribution is 2.33. The summed E-state index contributed by atoms with van der Waals surface area (Å²) in [6, 6.07) is 12.1. The van der Waals surface area contributed by atoms with E-state index in [9.17, 15) is 5.11 Å². The Balaban J connectivity index is 1.17. The molecular formula is C23H27N3O4. The van der Waals surface area contributed by atoms with Crippen LogP contribution in [-0.4, -0.2) is 66.5 Å². The number of ether oxygens (including phenoxy) is 3. The topological polar surface area (TPSA) is 70.2 Å². The van der Waals surface area contributed by atoms with Crippen molar-refractivity contribution in [2.75, 3.05) is 46.6 Å². The molecule has 1 aromatic heterocycles. The van der Waals surface area contributed by atoms with Crippen LogP contribution in [0.1, 0.15) is 17.2 Å². The first kappa shape index (κ1) is 19.2. The molecule has 2 N–H and O–H groups in total. The van der Waals surface area contributed by atoms with Gasteiger partial charge in [0.1, 0.15) is 5.75 Å². The van der Waals surface area contributed by atoms with Gasteiger partial charge in [-0.2, -0.15) is 0 Å². The number of methoxy groups -OCH3 is 1. The van der Waals surface area contributed by atoms with E-state index < -0.39 is 6.10 Å². The molecule has 2 aromatic carbocycles. The Kier molecular flexibility index (Phi) is 5.25. The van der Waals surface area contributed by atoms with Crippen LogP contribution in [-0.2, 0) is 6.54 Å². The largest absolute Gasteiger partial charge is 0.497 e. The lowest BCUT2D eigenvalue weighted by molar-refractivity contribution is 0.0707. The molecule has 1 fully saturated rings. The lowest BCUT2D eigenvalue weighted by atomic mass is 10.1. The van der Waals surface area contributed by atoms with Crippen LogP contribution in [0.15, 0.2) is 42.6 Å². The van der Waals surface area contributed by atoms with Crippen molar-refractivity contribution in [2.24, 2.45) is 0 Å². The molecule has 0 unspecified atom stereocenters. The van der Waals surface area contributed by atoms with Gasteiger partial charge in [0.25, 0.3) is 0 Å². The fraction of sp³-hybridized carbons (Fsp3) is 0.391. The summed E-state index contributed by atoms with van der Waals surface area (Å²) in [5.41, 5.74) is 3.17. The first-order chi connectivity index (χ1) is 14.7. The summed E-state index contributed by atoms with van der Waals surface area (Å²) in [6.45, 7) is 5.66. The second-order valence-electron chi connectivity index (χ2n) is 7.94. The van der Waals surface area contributed by atoms with E-state index in [1.165, 1.54) is 5.56 Å². The second kappa shape index (κ2) is 8.18. The molecule has 0 radical (unpaired) electrons. The number of fused-ring (bicyclic) bond motifs is 2. The van der Waals surface area contributed by atoms with Crippen molar-refractivity contribution >= 4 is 10.9 Å². The summed E-state index contributed by atoms with van der Waals surface area (Å²) >= 11 is 0. The van der Waals surface area contributed by atoms with Gasteiger partial charge in [0, 0.05) is 61.9 Å². The van der Waals surface area contributed by atoms with Crippen LogP contribution in [0.3, 0.4) is 0 Å². The maximum Gasteiger partial charge on any atom is 0.231 e. The maximum atomic E-state index is 10.9. The number of hydrogen-bond acceptors (Lipinski definition) is 6. The molecule has 0 bridgehead atoms. The molecule has 7 heteroatoms. The average Bonchev–Trinajstić information content (AvgIpc) is 3.41. The van der Waals surface area contributed by atoms with E-state index >= 15 is 0 Å². The Morgan fingerprint density at radius 2 is 1.83 bits per heavy atom. The number of rotatable bonds is 6. The van der Waals surface area contributed by atoms with Gasteiger partial charge in [0.05, 0.1) is 13.2 Å². The predicted octanol–water partition coefficient (Wildman–Crippen LogP) is 2.76. The number of nitrogens with zero attached hydrogens (tertiary/aromatic N) is 2. The van der Waals surface area contributed by atoms with Crippen LogP contribution in [0.25, 0.3) is 10.9 Å². The zero-order valence-corrected chi connectivity index (χ0v) is 17.1. The van der Waals surface area contributed by atoms with Crippen molar-refractivity contribution in [3.63, 3.8) is 0 Å². The number of aliphatic hydroxyl groups is 1. The molecular weight excluding hydrogens is 382 g/mol. The maximum absolute atomic E-state index is 10.9. The summed E-state index contributed by atoms with van der Waals surface area (Å²) in [7, 11) is 1.66. The van der Waals surface area contributed by atoms with E-state index in [0.717, 1.165) is 66.4 Å². The summed E-state index contributed by atoms with van der Waals surface area (Å²) < 4.78 is 16.2. The Morgan fingerprint density at radius 1 is 1.03 bits per heavy atom. The van der Waals surface area contributed by atoms with Crippen molar-refractivity contribution in [3.8, 4) is 17.2 Å². The van der Waals surface area contributed by atoms with Crippen molar-refractivity contribution in [2.45, 2.75) is 12.6 Å². The van der Waals surface area contributed by atoms with Crippen LogP contribution in [0, 0.1) is 0 Å². The summed E-state index contributed by atoms with van der Waals surface area (Å²) in [4.78, 5) is 8.02. The second-order valence-corrected chi connectivity index (χ2v) is 7.94. The molecule has 1 atom stereocenters. The van der Waals surface area contributed by atoms with Crippen LogP contribution in [0.4, 0.5) is 0 Å². The van der Waals surface area contributed by atoms with E-state index in [4.69, 9.17) is 14.2 Å². The minimum absolute atomic E-state index is 0.309. The Bertz CT molecular complexity index is 1030. The first-order valence-electron chi connectivity index (χ1n) is 10.4. The molecule has 30 heavy (non-hydrogen) atoms. The zero-order valence-electron chi connectivity index (χ0n) is 17.1. The van der Waals surface area contributed by atoms with Crippen LogP contribution < -0.4 is 14.2 Å². The summed E-state index contributed by atoms with van der Waals surface area (Å²) in [6.07, 6.45) is 1.37. The Labute approximate surface area is 175 Å². The number of aromatic nitrogens is 1. The van der Waals surface area contributed by atoms with Gasteiger partial charge in [0.15, 0.2) is 11.5 Å². The highest BCUT2D eigenvalue weighted by Gasteiger charge is 2.22. The van der Waals surface area contributed by atoms with Gasteiger partial charge in [-0.25, -0.2) is 0 Å². The number of aromatic amines is 1.